The Hall–Kier alpha value is -7.61. The molecule has 1 aliphatic carbocycles. The molecule has 26 heteroatoms. The summed E-state index contributed by atoms with van der Waals surface area (Å²) < 4.78 is 0. The summed E-state index contributed by atoms with van der Waals surface area (Å²) in [4.78, 5) is 145. The zero-order valence-electron chi connectivity index (χ0n) is 46.3. The van der Waals surface area contributed by atoms with Crippen LogP contribution in [0.15, 0.2) is 78.3 Å². The number of unbranched alkanes of at least 4 members (excludes halogenated alkanes) is 1. The number of hydrogen-bond acceptors (Lipinski definition) is 13. The van der Waals surface area contributed by atoms with Gasteiger partial charge in [-0.05, 0) is 55.7 Å². The van der Waals surface area contributed by atoms with Gasteiger partial charge in [0.25, 0.3) is 5.91 Å². The summed E-state index contributed by atoms with van der Waals surface area (Å²) in [6.07, 6.45) is 11.4. The Morgan fingerprint density at radius 1 is 0.695 bits per heavy atom. The second-order valence-corrected chi connectivity index (χ2v) is 23.8. The van der Waals surface area contributed by atoms with Gasteiger partial charge in [0.05, 0.1) is 18.3 Å². The molecule has 15 N–H and O–H groups in total. The van der Waals surface area contributed by atoms with Gasteiger partial charge in [0.15, 0.2) is 5.96 Å². The number of nitrogens with two attached hydrogens (primary N) is 3. The second kappa shape index (κ2) is 30.4. The number of aliphatic imine (C=N–C) groups is 1. The molecule has 3 aliphatic rings. The van der Waals surface area contributed by atoms with Crippen molar-refractivity contribution in [2.75, 3.05) is 18.1 Å². The number of urea groups is 1. The zero-order chi connectivity index (χ0) is 58.7. The van der Waals surface area contributed by atoms with E-state index < -0.39 is 108 Å². The van der Waals surface area contributed by atoms with E-state index in [9.17, 15) is 43.2 Å². The van der Waals surface area contributed by atoms with Crippen molar-refractivity contribution in [3.05, 3.63) is 90.1 Å². The third kappa shape index (κ3) is 17.5. The molecule has 0 radical (unpaired) electrons. The number of nitrogens with one attached hydrogen (secondary N) is 9. The Morgan fingerprint density at radius 2 is 1.34 bits per heavy atom. The molecule has 82 heavy (non-hydrogen) atoms. The van der Waals surface area contributed by atoms with Gasteiger partial charge < -0.3 is 64.4 Å². The van der Waals surface area contributed by atoms with Crippen LogP contribution in [0.3, 0.4) is 0 Å². The fraction of sp³-hybridized carbons (Fsp3) is 0.518. The molecule has 1 saturated carbocycles. The zero-order valence-corrected chi connectivity index (χ0v) is 47.9. The lowest BCUT2D eigenvalue weighted by Gasteiger charge is -2.33. The number of benzene rings is 2. The molecule has 1 unspecified atom stereocenters. The third-order valence-electron chi connectivity index (χ3n) is 15.1. The third-order valence-corrected chi connectivity index (χ3v) is 17.6. The molecule has 2 aromatic heterocycles. The van der Waals surface area contributed by atoms with E-state index in [4.69, 9.17) is 17.2 Å². The van der Waals surface area contributed by atoms with E-state index in [1.165, 1.54) is 19.4 Å². The van der Waals surface area contributed by atoms with Gasteiger partial charge in [-0.3, -0.25) is 48.2 Å². The summed E-state index contributed by atoms with van der Waals surface area (Å²) in [7, 11) is 2.25. The number of fused-ring (bicyclic) bond motifs is 1. The number of primary amides is 1. The first kappa shape index (κ1) is 62.0. The number of imidazole rings is 1. The molecular formula is C56H77N15O9S2. The maximum absolute atomic E-state index is 14.9. The topological polar surface area (TPSA) is 376 Å². The summed E-state index contributed by atoms with van der Waals surface area (Å²) in [5.41, 5.74) is 19.7. The van der Waals surface area contributed by atoms with Crippen LogP contribution in [0.25, 0.3) is 10.9 Å². The van der Waals surface area contributed by atoms with Crippen molar-refractivity contribution in [2.45, 2.75) is 152 Å². The lowest BCUT2D eigenvalue weighted by atomic mass is 9.84. The van der Waals surface area contributed by atoms with Gasteiger partial charge in [-0.2, -0.15) is 0 Å². The number of carbonyl (C=O) groups excluding carboxylic acids is 9. The molecule has 9 atom stereocenters. The lowest BCUT2D eigenvalue weighted by Crippen LogP contribution is -2.60. The average molecular weight is 1170 g/mol. The predicted molar refractivity (Wildman–Crippen MR) is 313 cm³/mol. The van der Waals surface area contributed by atoms with Crippen LogP contribution in [-0.4, -0.2) is 145 Å². The van der Waals surface area contributed by atoms with Gasteiger partial charge in [-0.1, -0.05) is 122 Å². The number of amides is 10. The molecular weight excluding hydrogens is 1090 g/mol. The number of guanidine groups is 1. The largest absolute Gasteiger partial charge is 0.370 e. The molecule has 7 rings (SSSR count). The van der Waals surface area contributed by atoms with E-state index >= 15 is 0 Å². The predicted octanol–water partition coefficient (Wildman–Crippen LogP) is 1.85. The van der Waals surface area contributed by atoms with Crippen LogP contribution >= 0.6 is 21.6 Å². The average Bonchev–Trinajstić information content (AvgIpc) is 4.40. The van der Waals surface area contributed by atoms with Crippen molar-refractivity contribution in [1.29, 1.82) is 0 Å². The fourth-order valence-corrected chi connectivity index (χ4v) is 13.2. The summed E-state index contributed by atoms with van der Waals surface area (Å²) >= 11 is 0. The van der Waals surface area contributed by atoms with Gasteiger partial charge in [-0.25, -0.2) is 9.78 Å². The van der Waals surface area contributed by atoms with E-state index in [0.29, 0.717) is 36.1 Å². The van der Waals surface area contributed by atoms with Crippen molar-refractivity contribution in [1.82, 2.24) is 57.1 Å². The summed E-state index contributed by atoms with van der Waals surface area (Å²) in [5.74, 6) is -7.13. The maximum Gasteiger partial charge on any atom is 0.325 e. The number of hydrogen-bond donors (Lipinski definition) is 12. The SMILES string of the molecule is CCCC[C@@H]([C@H]1CSSC[C@@H](C(N)=O)NC(=O)[C@H](Cc2c[nH]c3ccccc23)NC(=O)[C@H](CCCN=C(N)N)NC(=O)C(Cc2ccccc2)NC(=O)[C@H](Cc2cnc[nH]2)NC(=O)[C@@H](C)NC1=O)N1C(=O)N[C@@H](CC2CCCCC2)C1=O. The van der Waals surface area contributed by atoms with E-state index in [2.05, 4.69) is 57.2 Å². The van der Waals surface area contributed by atoms with E-state index in [1.54, 1.807) is 36.5 Å². The van der Waals surface area contributed by atoms with Crippen molar-refractivity contribution in [2.24, 2.45) is 34.0 Å². The highest BCUT2D eigenvalue weighted by Crippen LogP contribution is 2.34. The van der Waals surface area contributed by atoms with E-state index in [1.807, 2.05) is 31.2 Å². The van der Waals surface area contributed by atoms with Crippen molar-refractivity contribution >= 4 is 91.7 Å². The molecule has 24 nitrogen and oxygen atoms in total. The van der Waals surface area contributed by atoms with Crippen molar-refractivity contribution in [3.63, 3.8) is 0 Å². The quantitative estimate of drug-likeness (QED) is 0.0223. The van der Waals surface area contributed by atoms with Crippen LogP contribution in [0.4, 0.5) is 4.79 Å². The number of aromatic amines is 2. The molecule has 442 valence electrons. The number of para-hydroxylation sites is 1. The molecule has 2 aliphatic heterocycles. The van der Waals surface area contributed by atoms with Gasteiger partial charge in [0.1, 0.15) is 42.3 Å². The number of aromatic nitrogens is 3. The first-order valence-electron chi connectivity index (χ1n) is 28.1. The maximum atomic E-state index is 14.9. The number of carbonyl (C=O) groups is 9. The van der Waals surface area contributed by atoms with Gasteiger partial charge in [0, 0.05) is 66.3 Å². The summed E-state index contributed by atoms with van der Waals surface area (Å²) in [6.45, 7) is 3.45. The normalized spacial score (nSPS) is 24.7. The molecule has 3 fully saturated rings. The Labute approximate surface area is 484 Å². The van der Waals surface area contributed by atoms with E-state index in [0.717, 1.165) is 69.5 Å². The monoisotopic (exact) mass is 1170 g/mol. The minimum Gasteiger partial charge on any atom is -0.370 e. The molecule has 10 amide bonds. The molecule has 2 aromatic carbocycles. The van der Waals surface area contributed by atoms with Crippen LogP contribution in [-0.2, 0) is 57.6 Å². The summed E-state index contributed by atoms with van der Waals surface area (Å²) in [6, 6.07) is 5.73. The Bertz CT molecular complexity index is 2880. The van der Waals surface area contributed by atoms with Gasteiger partial charge >= 0.3 is 6.03 Å². The van der Waals surface area contributed by atoms with Crippen molar-refractivity contribution in [3.8, 4) is 0 Å². The van der Waals surface area contributed by atoms with Crippen LogP contribution < -0.4 is 54.4 Å². The Balaban J connectivity index is 1.26. The highest BCUT2D eigenvalue weighted by Gasteiger charge is 2.47. The second-order valence-electron chi connectivity index (χ2n) is 21.3. The first-order chi connectivity index (χ1) is 39.5. The lowest BCUT2D eigenvalue weighted by molar-refractivity contribution is -0.136. The van der Waals surface area contributed by atoms with Gasteiger partial charge in [0.2, 0.25) is 41.4 Å². The van der Waals surface area contributed by atoms with Gasteiger partial charge in [-0.15, -0.1) is 0 Å². The number of imide groups is 1. The number of rotatable bonds is 18. The van der Waals surface area contributed by atoms with Crippen LogP contribution in [0.1, 0.15) is 101 Å². The highest BCUT2D eigenvalue weighted by atomic mass is 33.1. The Kier molecular flexibility index (Phi) is 23.0. The van der Waals surface area contributed by atoms with Crippen LogP contribution in [0.5, 0.6) is 0 Å². The van der Waals surface area contributed by atoms with E-state index in [-0.39, 0.29) is 68.5 Å². The molecule has 4 aromatic rings. The van der Waals surface area contributed by atoms with Crippen molar-refractivity contribution < 1.29 is 43.2 Å². The minimum atomic E-state index is -1.37. The minimum absolute atomic E-state index is 0.0402. The highest BCUT2D eigenvalue weighted by molar-refractivity contribution is 8.76. The standard InChI is InChI=1S/C56H77N15O9S2/c1-3-4-21-46(71-54(79)44(70-56(71)80)24-34-16-9-6-10-17-34)38-29-81-82-30-45(47(57)72)69-52(77)42(25-35-27-62-39-19-12-11-18-37(35)39)68-50(75)40(20-13-22-61-55(58)59)65-51(76)41(23-33-14-7-5-8-15-33)67-53(78)43(26-36-28-60-31-63-36)66-48(73)32(2)64-49(38)74/h5,7-8,11-12,14-15,18-19,27-28,31-32,34,38,40-46,62H,3-4,6,9-10,13,16-17,20-26,29-30H2,1-2H3,(H2,57,72)(H,60,63)(H,64,74)(H,65,76)(H,66,73)(H,67,78)(H,68,75)(H,69,77)(H,70,80)(H4,58,59,61)/t32-,38-,40+,41?,42+,43+,44+,45+,46+/m1/s1. The number of nitrogens with zero attached hydrogens (tertiary/aromatic N) is 3. The fourth-order valence-electron chi connectivity index (χ4n) is 10.7. The molecule has 0 spiro atoms. The first-order valence-corrected chi connectivity index (χ1v) is 30.6. The van der Waals surface area contributed by atoms with Crippen LogP contribution in [0, 0.1) is 11.8 Å². The molecule has 4 heterocycles. The summed E-state index contributed by atoms with van der Waals surface area (Å²) in [5, 5.41) is 20.4. The molecule has 0 bridgehead atoms. The molecule has 2 saturated heterocycles. The van der Waals surface area contributed by atoms with Crippen LogP contribution in [0.2, 0.25) is 0 Å². The Morgan fingerprint density at radius 3 is 2.04 bits per heavy atom. The smallest absolute Gasteiger partial charge is 0.325 e. The number of H-pyrrole nitrogens is 2.